The fourth-order valence-electron chi connectivity index (χ4n) is 1.79. The summed E-state index contributed by atoms with van der Waals surface area (Å²) in [6, 6.07) is 5.99. The maximum Gasteiger partial charge on any atom is 0.337 e. The Kier molecular flexibility index (Phi) is 3.36. The molecule has 7 nitrogen and oxygen atoms in total. The Balaban J connectivity index is 3.00. The highest BCUT2D eigenvalue weighted by molar-refractivity contribution is 7.87. The topological polar surface area (TPSA) is 96.7 Å². The standard InChI is InChI=1S/C12H12N2O5S/c1-13(2)20(18,19)14-7-10(12(16)17)8-5-3-4-6-9(8)11(14)15/h3-7H,1-2H3,(H,16,17). The first-order valence-corrected chi connectivity index (χ1v) is 6.97. The first-order valence-electron chi connectivity index (χ1n) is 5.57. The van der Waals surface area contributed by atoms with Gasteiger partial charge in [0, 0.05) is 31.1 Å². The van der Waals surface area contributed by atoms with Crippen molar-refractivity contribution < 1.29 is 18.3 Å². The lowest BCUT2D eigenvalue weighted by molar-refractivity contribution is 0.0698. The maximum atomic E-state index is 12.2. The lowest BCUT2D eigenvalue weighted by atomic mass is 10.1. The summed E-state index contributed by atoms with van der Waals surface area (Å²) in [5.41, 5.74) is -1.02. The molecular formula is C12H12N2O5S. The van der Waals surface area contributed by atoms with Crippen molar-refractivity contribution in [1.82, 2.24) is 8.28 Å². The molecule has 0 saturated heterocycles. The van der Waals surface area contributed by atoms with Gasteiger partial charge in [-0.3, -0.25) is 4.79 Å². The number of carboxylic acids is 1. The third kappa shape index (κ3) is 2.08. The van der Waals surface area contributed by atoms with Crippen molar-refractivity contribution in [3.8, 4) is 0 Å². The molecule has 1 aromatic carbocycles. The Morgan fingerprint density at radius 3 is 2.25 bits per heavy atom. The molecule has 1 aromatic heterocycles. The molecule has 2 rings (SSSR count). The van der Waals surface area contributed by atoms with E-state index in [1.54, 1.807) is 12.1 Å². The van der Waals surface area contributed by atoms with Crippen LogP contribution in [0.4, 0.5) is 0 Å². The molecule has 106 valence electrons. The monoisotopic (exact) mass is 296 g/mol. The van der Waals surface area contributed by atoms with Crippen LogP contribution in [0.5, 0.6) is 0 Å². The summed E-state index contributed by atoms with van der Waals surface area (Å²) in [6.45, 7) is 0. The molecule has 1 N–H and O–H groups in total. The van der Waals surface area contributed by atoms with Crippen molar-refractivity contribution in [1.29, 1.82) is 0 Å². The average Bonchev–Trinajstić information content (AvgIpc) is 2.38. The Morgan fingerprint density at radius 2 is 1.75 bits per heavy atom. The molecule has 0 amide bonds. The van der Waals surface area contributed by atoms with Crippen LogP contribution < -0.4 is 5.56 Å². The Morgan fingerprint density at radius 1 is 1.20 bits per heavy atom. The van der Waals surface area contributed by atoms with E-state index >= 15 is 0 Å². The first-order chi connectivity index (χ1) is 9.26. The predicted octanol–water partition coefficient (Wildman–Crippen LogP) is 0.354. The van der Waals surface area contributed by atoms with Gasteiger partial charge in [0.1, 0.15) is 0 Å². The summed E-state index contributed by atoms with van der Waals surface area (Å²) in [5.74, 6) is -1.30. The summed E-state index contributed by atoms with van der Waals surface area (Å²) >= 11 is 0. The van der Waals surface area contributed by atoms with Crippen LogP contribution in [0.3, 0.4) is 0 Å². The average molecular weight is 296 g/mol. The summed E-state index contributed by atoms with van der Waals surface area (Å²) in [7, 11) is -1.56. The molecule has 1 heterocycles. The molecule has 20 heavy (non-hydrogen) atoms. The van der Waals surface area contributed by atoms with Crippen LogP contribution in [0.15, 0.2) is 35.3 Å². The van der Waals surface area contributed by atoms with Gasteiger partial charge in [0.2, 0.25) is 0 Å². The van der Waals surface area contributed by atoms with Gasteiger partial charge in [-0.05, 0) is 6.07 Å². The highest BCUT2D eigenvalue weighted by atomic mass is 32.2. The van der Waals surface area contributed by atoms with E-state index in [0.717, 1.165) is 10.5 Å². The van der Waals surface area contributed by atoms with Crippen LogP contribution in [-0.2, 0) is 10.2 Å². The van der Waals surface area contributed by atoms with E-state index in [2.05, 4.69) is 0 Å². The number of hydrogen-bond acceptors (Lipinski definition) is 4. The van der Waals surface area contributed by atoms with Crippen molar-refractivity contribution >= 4 is 27.0 Å². The van der Waals surface area contributed by atoms with Crippen molar-refractivity contribution in [3.63, 3.8) is 0 Å². The fourth-order valence-corrected chi connectivity index (χ4v) is 2.68. The van der Waals surface area contributed by atoms with Gasteiger partial charge >= 0.3 is 16.2 Å². The zero-order chi connectivity index (χ0) is 15.1. The molecule has 0 saturated carbocycles. The van der Waals surface area contributed by atoms with Crippen LogP contribution in [0.1, 0.15) is 10.4 Å². The minimum atomic E-state index is -4.08. The van der Waals surface area contributed by atoms with Gasteiger partial charge in [-0.1, -0.05) is 18.2 Å². The molecule has 0 aliphatic heterocycles. The van der Waals surface area contributed by atoms with E-state index in [-0.39, 0.29) is 16.3 Å². The zero-order valence-electron chi connectivity index (χ0n) is 10.8. The van der Waals surface area contributed by atoms with Gasteiger partial charge in [-0.25, -0.2) is 4.79 Å². The predicted molar refractivity (Wildman–Crippen MR) is 73.2 cm³/mol. The summed E-state index contributed by atoms with van der Waals surface area (Å²) in [6.07, 6.45) is 0.836. The van der Waals surface area contributed by atoms with Gasteiger partial charge in [0.25, 0.3) is 5.56 Å². The molecule has 0 spiro atoms. The number of benzene rings is 1. The molecule has 8 heteroatoms. The fraction of sp³-hybridized carbons (Fsp3) is 0.167. The van der Waals surface area contributed by atoms with E-state index in [0.29, 0.717) is 3.97 Å². The van der Waals surface area contributed by atoms with Crippen molar-refractivity contribution in [2.75, 3.05) is 14.1 Å². The first kappa shape index (κ1) is 14.2. The second-order valence-corrected chi connectivity index (χ2v) is 6.30. The Bertz CT molecular complexity index is 852. The Labute approximate surface area is 114 Å². The van der Waals surface area contributed by atoms with Crippen molar-refractivity contribution in [2.45, 2.75) is 0 Å². The van der Waals surface area contributed by atoms with Gasteiger partial charge in [-0.2, -0.15) is 16.7 Å². The van der Waals surface area contributed by atoms with E-state index in [4.69, 9.17) is 0 Å². The number of aromatic nitrogens is 1. The molecule has 0 radical (unpaired) electrons. The highest BCUT2D eigenvalue weighted by Crippen LogP contribution is 2.16. The largest absolute Gasteiger partial charge is 0.478 e. The number of fused-ring (bicyclic) bond motifs is 1. The van der Waals surface area contributed by atoms with Crippen LogP contribution in [0, 0.1) is 0 Å². The summed E-state index contributed by atoms with van der Waals surface area (Å²) < 4.78 is 25.4. The second kappa shape index (κ2) is 4.73. The molecule has 0 unspecified atom stereocenters. The molecule has 0 fully saturated rings. The number of carbonyl (C=O) groups is 1. The number of rotatable bonds is 3. The molecular weight excluding hydrogens is 284 g/mol. The lowest BCUT2D eigenvalue weighted by Crippen LogP contribution is -2.36. The van der Waals surface area contributed by atoms with Crippen LogP contribution in [-0.4, -0.2) is 41.9 Å². The van der Waals surface area contributed by atoms with Gasteiger partial charge in [0.15, 0.2) is 0 Å². The van der Waals surface area contributed by atoms with E-state index in [1.807, 2.05) is 0 Å². The summed E-state index contributed by atoms with van der Waals surface area (Å²) in [4.78, 5) is 23.5. The number of aromatic carboxylic acids is 1. The van der Waals surface area contributed by atoms with Crippen LogP contribution in [0.2, 0.25) is 0 Å². The number of nitrogens with zero attached hydrogens (tertiary/aromatic N) is 2. The SMILES string of the molecule is CN(C)S(=O)(=O)n1cc(C(=O)O)c2ccccc2c1=O. The minimum Gasteiger partial charge on any atom is -0.478 e. The third-order valence-corrected chi connectivity index (χ3v) is 4.53. The smallest absolute Gasteiger partial charge is 0.337 e. The third-order valence-electron chi connectivity index (χ3n) is 2.83. The van der Waals surface area contributed by atoms with E-state index in [1.165, 1.54) is 26.2 Å². The van der Waals surface area contributed by atoms with Gasteiger partial charge < -0.3 is 5.11 Å². The molecule has 0 aliphatic carbocycles. The zero-order valence-corrected chi connectivity index (χ0v) is 11.6. The van der Waals surface area contributed by atoms with E-state index < -0.39 is 21.7 Å². The molecule has 0 bridgehead atoms. The normalized spacial score (nSPS) is 11.9. The van der Waals surface area contributed by atoms with Crippen molar-refractivity contribution in [3.05, 3.63) is 46.4 Å². The molecule has 0 atom stereocenters. The van der Waals surface area contributed by atoms with Crippen LogP contribution >= 0.6 is 0 Å². The van der Waals surface area contributed by atoms with Crippen molar-refractivity contribution in [2.24, 2.45) is 0 Å². The quantitative estimate of drug-likeness (QED) is 0.881. The number of hydrogen-bond donors (Lipinski definition) is 1. The lowest BCUT2D eigenvalue weighted by Gasteiger charge is -2.15. The summed E-state index contributed by atoms with van der Waals surface area (Å²) in [5, 5.41) is 9.42. The second-order valence-electron chi connectivity index (χ2n) is 4.28. The number of pyridine rings is 1. The van der Waals surface area contributed by atoms with Crippen LogP contribution in [0.25, 0.3) is 10.8 Å². The molecule has 0 aliphatic rings. The van der Waals surface area contributed by atoms with Gasteiger partial charge in [0.05, 0.1) is 5.56 Å². The van der Waals surface area contributed by atoms with Gasteiger partial charge in [-0.15, -0.1) is 0 Å². The Hall–Kier alpha value is -2.19. The van der Waals surface area contributed by atoms with E-state index in [9.17, 15) is 23.1 Å². The molecule has 2 aromatic rings. The number of carboxylic acid groups (broad SMARTS) is 1. The highest BCUT2D eigenvalue weighted by Gasteiger charge is 2.22. The minimum absolute atomic E-state index is 0.0397. The maximum absolute atomic E-state index is 12.2.